The van der Waals surface area contributed by atoms with Gasteiger partial charge in [0, 0.05) is 26.3 Å². The first kappa shape index (κ1) is 16.9. The average Bonchev–Trinajstić information content (AvgIpc) is 3.00. The average molecular weight is 319 g/mol. The molecule has 2 aliphatic heterocycles. The van der Waals surface area contributed by atoms with Crippen LogP contribution in [0.1, 0.15) is 31.2 Å². The van der Waals surface area contributed by atoms with Crippen LogP contribution in [0.15, 0.2) is 12.4 Å². The van der Waals surface area contributed by atoms with Gasteiger partial charge in [-0.05, 0) is 81.6 Å². The zero-order chi connectivity index (χ0) is 16.1. The number of nitrogens with two attached hydrogens (primary N) is 1. The number of rotatable bonds is 6. The van der Waals surface area contributed by atoms with Crippen molar-refractivity contribution in [3.8, 4) is 0 Å². The number of hydrogen-bond donors (Lipinski definition) is 2. The van der Waals surface area contributed by atoms with Gasteiger partial charge < -0.3 is 16.0 Å². The Hall–Kier alpha value is -0.910. The molecule has 0 amide bonds. The summed E-state index contributed by atoms with van der Waals surface area (Å²) in [6.07, 6.45) is 10.7. The summed E-state index contributed by atoms with van der Waals surface area (Å²) < 4.78 is 1.89. The first-order chi connectivity index (χ1) is 11.2. The molecule has 3 N–H and O–H groups in total. The molecule has 130 valence electrons. The number of piperidine rings is 2. The molecule has 2 aliphatic rings. The van der Waals surface area contributed by atoms with E-state index in [1.54, 1.807) is 0 Å². The van der Waals surface area contributed by atoms with E-state index in [0.717, 1.165) is 31.3 Å². The smallest absolute Gasteiger partial charge is 0.0521 e. The molecule has 5 heteroatoms. The maximum atomic E-state index is 6.06. The fraction of sp³-hybridized carbons (Fsp3) is 0.833. The van der Waals surface area contributed by atoms with E-state index < -0.39 is 0 Å². The van der Waals surface area contributed by atoms with Crippen molar-refractivity contribution in [1.29, 1.82) is 0 Å². The molecule has 0 bridgehead atoms. The Balaban J connectivity index is 1.51. The van der Waals surface area contributed by atoms with E-state index in [2.05, 4.69) is 21.5 Å². The Labute approximate surface area is 140 Å². The number of likely N-dealkylation sites (tertiary alicyclic amines) is 1. The summed E-state index contributed by atoms with van der Waals surface area (Å²) in [7, 11) is 1.98. The van der Waals surface area contributed by atoms with Crippen LogP contribution in [0.5, 0.6) is 0 Å². The molecular weight excluding hydrogens is 286 g/mol. The van der Waals surface area contributed by atoms with E-state index in [1.807, 2.05) is 17.9 Å². The zero-order valence-electron chi connectivity index (χ0n) is 14.6. The lowest BCUT2D eigenvalue weighted by atomic mass is 9.80. The molecule has 2 fully saturated rings. The lowest BCUT2D eigenvalue weighted by Crippen LogP contribution is -2.44. The molecule has 3 heterocycles. The van der Waals surface area contributed by atoms with Gasteiger partial charge in [-0.25, -0.2) is 0 Å². The van der Waals surface area contributed by atoms with Crippen molar-refractivity contribution in [2.75, 3.05) is 39.3 Å². The van der Waals surface area contributed by atoms with Crippen molar-refractivity contribution < 1.29 is 0 Å². The molecule has 0 radical (unpaired) electrons. The Morgan fingerprint density at radius 2 is 2.13 bits per heavy atom. The molecule has 0 aliphatic carbocycles. The molecule has 1 aromatic rings. The molecule has 0 saturated carbocycles. The Morgan fingerprint density at radius 1 is 1.30 bits per heavy atom. The number of aromatic nitrogens is 2. The molecule has 0 aromatic carbocycles. The number of nitrogens with one attached hydrogen (secondary N) is 1. The number of hydrogen-bond acceptors (Lipinski definition) is 4. The van der Waals surface area contributed by atoms with Crippen molar-refractivity contribution >= 4 is 0 Å². The molecule has 1 aromatic heterocycles. The SMILES string of the molecule is Cn1cc(CC(CN)CN2CCCC(C3CCNCC3)C2)cn1. The highest BCUT2D eigenvalue weighted by Gasteiger charge is 2.29. The van der Waals surface area contributed by atoms with Crippen LogP contribution in [0.3, 0.4) is 0 Å². The van der Waals surface area contributed by atoms with Gasteiger partial charge in [-0.2, -0.15) is 5.10 Å². The second-order valence-corrected chi connectivity index (χ2v) is 7.58. The van der Waals surface area contributed by atoms with Crippen molar-refractivity contribution in [1.82, 2.24) is 20.0 Å². The molecule has 5 nitrogen and oxygen atoms in total. The van der Waals surface area contributed by atoms with E-state index in [0.29, 0.717) is 5.92 Å². The highest BCUT2D eigenvalue weighted by Crippen LogP contribution is 2.30. The number of nitrogens with zero attached hydrogens (tertiary/aromatic N) is 3. The summed E-state index contributed by atoms with van der Waals surface area (Å²) in [6, 6.07) is 0. The quantitative estimate of drug-likeness (QED) is 0.828. The molecule has 3 rings (SSSR count). The highest BCUT2D eigenvalue weighted by atomic mass is 15.2. The van der Waals surface area contributed by atoms with Gasteiger partial charge in [0.15, 0.2) is 0 Å². The Kier molecular flexibility index (Phi) is 6.08. The fourth-order valence-corrected chi connectivity index (χ4v) is 4.46. The highest BCUT2D eigenvalue weighted by molar-refractivity contribution is 5.05. The predicted octanol–water partition coefficient (Wildman–Crippen LogP) is 1.25. The van der Waals surface area contributed by atoms with Crippen molar-refractivity contribution in [2.24, 2.45) is 30.5 Å². The second kappa shape index (κ2) is 8.27. The van der Waals surface area contributed by atoms with Crippen LogP contribution in [0, 0.1) is 17.8 Å². The van der Waals surface area contributed by atoms with E-state index in [4.69, 9.17) is 5.73 Å². The summed E-state index contributed by atoms with van der Waals surface area (Å²) in [6.45, 7) is 6.89. The van der Waals surface area contributed by atoms with Crippen LogP contribution in [0.4, 0.5) is 0 Å². The van der Waals surface area contributed by atoms with Gasteiger partial charge in [-0.1, -0.05) is 0 Å². The number of aryl methyl sites for hydroxylation is 1. The van der Waals surface area contributed by atoms with Crippen LogP contribution in [0.2, 0.25) is 0 Å². The van der Waals surface area contributed by atoms with Crippen LogP contribution >= 0.6 is 0 Å². The fourth-order valence-electron chi connectivity index (χ4n) is 4.46. The third-order valence-electron chi connectivity index (χ3n) is 5.72. The van der Waals surface area contributed by atoms with Gasteiger partial charge in [0.05, 0.1) is 6.20 Å². The molecular formula is C18H33N5. The normalized spacial score (nSPS) is 25.6. The third kappa shape index (κ3) is 4.78. The van der Waals surface area contributed by atoms with Gasteiger partial charge in [0.2, 0.25) is 0 Å². The molecule has 2 unspecified atom stereocenters. The van der Waals surface area contributed by atoms with Crippen LogP contribution in [0.25, 0.3) is 0 Å². The van der Waals surface area contributed by atoms with E-state index in [1.165, 1.54) is 57.4 Å². The maximum Gasteiger partial charge on any atom is 0.0521 e. The minimum atomic E-state index is 0.547. The third-order valence-corrected chi connectivity index (χ3v) is 5.72. The second-order valence-electron chi connectivity index (χ2n) is 7.58. The summed E-state index contributed by atoms with van der Waals surface area (Å²) in [4.78, 5) is 2.68. The summed E-state index contributed by atoms with van der Waals surface area (Å²) in [5.74, 6) is 2.39. The lowest BCUT2D eigenvalue weighted by molar-refractivity contribution is 0.105. The van der Waals surface area contributed by atoms with Crippen LogP contribution in [-0.2, 0) is 13.5 Å². The lowest BCUT2D eigenvalue weighted by Gasteiger charge is -2.39. The maximum absolute atomic E-state index is 6.06. The standard InChI is InChI=1S/C18H33N5/c1-22-12-16(11-21-22)9-15(10-19)13-23-8-2-3-18(14-23)17-4-6-20-7-5-17/h11-12,15,17-18,20H,2-10,13-14,19H2,1H3. The predicted molar refractivity (Wildman–Crippen MR) is 94.2 cm³/mol. The van der Waals surface area contributed by atoms with Gasteiger partial charge >= 0.3 is 0 Å². The van der Waals surface area contributed by atoms with Gasteiger partial charge in [0.1, 0.15) is 0 Å². The van der Waals surface area contributed by atoms with Crippen molar-refractivity contribution in [3.63, 3.8) is 0 Å². The minimum Gasteiger partial charge on any atom is -0.330 e. The van der Waals surface area contributed by atoms with Gasteiger partial charge in [0.25, 0.3) is 0 Å². The summed E-state index contributed by atoms with van der Waals surface area (Å²) in [5.41, 5.74) is 7.37. The first-order valence-corrected chi connectivity index (χ1v) is 9.35. The van der Waals surface area contributed by atoms with Crippen LogP contribution in [-0.4, -0.2) is 53.9 Å². The van der Waals surface area contributed by atoms with E-state index in [9.17, 15) is 0 Å². The van der Waals surface area contributed by atoms with Crippen molar-refractivity contribution in [3.05, 3.63) is 18.0 Å². The summed E-state index contributed by atoms with van der Waals surface area (Å²) >= 11 is 0. The minimum absolute atomic E-state index is 0.547. The Bertz CT molecular complexity index is 466. The topological polar surface area (TPSA) is 59.1 Å². The Morgan fingerprint density at radius 3 is 2.83 bits per heavy atom. The molecule has 23 heavy (non-hydrogen) atoms. The molecule has 2 atom stereocenters. The first-order valence-electron chi connectivity index (χ1n) is 9.35. The largest absolute Gasteiger partial charge is 0.330 e. The molecule has 2 saturated heterocycles. The van der Waals surface area contributed by atoms with E-state index in [-0.39, 0.29) is 0 Å². The van der Waals surface area contributed by atoms with Crippen molar-refractivity contribution in [2.45, 2.75) is 32.1 Å². The van der Waals surface area contributed by atoms with Crippen LogP contribution < -0.4 is 11.1 Å². The molecule has 0 spiro atoms. The van der Waals surface area contributed by atoms with E-state index >= 15 is 0 Å². The van der Waals surface area contributed by atoms with Gasteiger partial charge in [-0.3, -0.25) is 4.68 Å². The zero-order valence-corrected chi connectivity index (χ0v) is 14.6. The summed E-state index contributed by atoms with van der Waals surface area (Å²) in [5, 5.41) is 7.78. The van der Waals surface area contributed by atoms with Gasteiger partial charge in [-0.15, -0.1) is 0 Å². The monoisotopic (exact) mass is 319 g/mol.